The Labute approximate surface area is 208 Å². The number of carboxylic acids is 2. The SMILES string of the molecule is CC(C)C(NC(=O)C(N)Cc1ccccc1)C(=O)NC(CCC(=O)O)C(=O)NC(CC(N)=O)C(=O)O. The molecule has 0 aromatic heterocycles. The third-order valence-electron chi connectivity index (χ3n) is 5.18. The summed E-state index contributed by atoms with van der Waals surface area (Å²) in [5.41, 5.74) is 11.8. The van der Waals surface area contributed by atoms with Gasteiger partial charge in [0.15, 0.2) is 0 Å². The van der Waals surface area contributed by atoms with Crippen molar-refractivity contribution in [3.8, 4) is 0 Å². The molecule has 1 aromatic rings. The third kappa shape index (κ3) is 10.5. The van der Waals surface area contributed by atoms with Crippen LogP contribution in [0, 0.1) is 5.92 Å². The van der Waals surface area contributed by atoms with Crippen molar-refractivity contribution < 1.29 is 39.0 Å². The molecule has 4 atom stereocenters. The molecule has 0 aliphatic heterocycles. The number of carbonyl (C=O) groups is 6. The lowest BCUT2D eigenvalue weighted by atomic mass is 10.0. The second kappa shape index (κ2) is 14.4. The highest BCUT2D eigenvalue weighted by Gasteiger charge is 2.32. The molecule has 4 amide bonds. The molecule has 36 heavy (non-hydrogen) atoms. The van der Waals surface area contributed by atoms with Crippen molar-refractivity contribution in [2.45, 2.75) is 63.7 Å². The van der Waals surface area contributed by atoms with Crippen LogP contribution < -0.4 is 27.4 Å². The highest BCUT2D eigenvalue weighted by Crippen LogP contribution is 2.08. The van der Waals surface area contributed by atoms with E-state index in [-0.39, 0.29) is 12.8 Å². The number of benzene rings is 1. The average molecular weight is 508 g/mol. The Bertz CT molecular complexity index is 953. The molecule has 9 N–H and O–H groups in total. The van der Waals surface area contributed by atoms with Gasteiger partial charge in [0.25, 0.3) is 0 Å². The van der Waals surface area contributed by atoms with E-state index in [9.17, 15) is 33.9 Å². The van der Waals surface area contributed by atoms with E-state index in [0.717, 1.165) is 5.56 Å². The predicted molar refractivity (Wildman–Crippen MR) is 127 cm³/mol. The normalized spacial score (nSPS) is 14.1. The van der Waals surface area contributed by atoms with Crippen molar-refractivity contribution in [1.29, 1.82) is 0 Å². The fourth-order valence-electron chi connectivity index (χ4n) is 3.23. The molecule has 0 heterocycles. The standard InChI is InChI=1S/C23H33N5O8/c1-12(2)19(28-20(32)14(24)10-13-6-4-3-5-7-13)22(34)26-15(8-9-18(30)31)21(33)27-16(23(35)36)11-17(25)29/h3-7,12,14-16,19H,8-11,24H2,1-2H3,(H2,25,29)(H,26,34)(H,27,33)(H,28,32)(H,30,31)(H,35,36). The van der Waals surface area contributed by atoms with Gasteiger partial charge in [0.05, 0.1) is 12.5 Å². The van der Waals surface area contributed by atoms with Crippen LogP contribution >= 0.6 is 0 Å². The van der Waals surface area contributed by atoms with Gasteiger partial charge >= 0.3 is 11.9 Å². The zero-order chi connectivity index (χ0) is 27.4. The number of hydrogen-bond donors (Lipinski definition) is 7. The van der Waals surface area contributed by atoms with E-state index in [1.54, 1.807) is 38.1 Å². The van der Waals surface area contributed by atoms with Crippen molar-refractivity contribution in [3.05, 3.63) is 35.9 Å². The molecule has 0 spiro atoms. The Hall–Kier alpha value is -4.00. The number of nitrogens with two attached hydrogens (primary N) is 2. The lowest BCUT2D eigenvalue weighted by molar-refractivity contribution is -0.144. The molecule has 13 heteroatoms. The van der Waals surface area contributed by atoms with Gasteiger partial charge in [-0.15, -0.1) is 0 Å². The van der Waals surface area contributed by atoms with Gasteiger partial charge in [0, 0.05) is 6.42 Å². The van der Waals surface area contributed by atoms with Gasteiger partial charge in [0.1, 0.15) is 18.1 Å². The van der Waals surface area contributed by atoms with Crippen LogP contribution in [0.2, 0.25) is 0 Å². The maximum atomic E-state index is 13.0. The molecule has 0 saturated heterocycles. The zero-order valence-electron chi connectivity index (χ0n) is 20.1. The Morgan fingerprint density at radius 2 is 1.44 bits per heavy atom. The molecule has 1 rings (SSSR count). The first-order chi connectivity index (χ1) is 16.8. The molecule has 1 aromatic carbocycles. The number of rotatable bonds is 15. The van der Waals surface area contributed by atoms with Gasteiger partial charge in [-0.25, -0.2) is 4.79 Å². The van der Waals surface area contributed by atoms with Crippen molar-refractivity contribution >= 4 is 35.6 Å². The van der Waals surface area contributed by atoms with Crippen LogP contribution in [0.5, 0.6) is 0 Å². The summed E-state index contributed by atoms with van der Waals surface area (Å²) in [6, 6.07) is 3.80. The van der Waals surface area contributed by atoms with E-state index < -0.39 is 78.5 Å². The van der Waals surface area contributed by atoms with Crippen LogP contribution in [-0.2, 0) is 35.2 Å². The summed E-state index contributed by atoms with van der Waals surface area (Å²) in [5.74, 6) is -6.64. The summed E-state index contributed by atoms with van der Waals surface area (Å²) in [6.45, 7) is 3.29. The van der Waals surface area contributed by atoms with Crippen LogP contribution in [0.25, 0.3) is 0 Å². The average Bonchev–Trinajstić information content (AvgIpc) is 2.79. The van der Waals surface area contributed by atoms with E-state index in [1.165, 1.54) is 0 Å². The second-order valence-electron chi connectivity index (χ2n) is 8.59. The zero-order valence-corrected chi connectivity index (χ0v) is 20.1. The van der Waals surface area contributed by atoms with Gasteiger partial charge in [-0.2, -0.15) is 0 Å². The second-order valence-corrected chi connectivity index (χ2v) is 8.59. The summed E-state index contributed by atoms with van der Waals surface area (Å²) in [4.78, 5) is 71.8. The lowest BCUT2D eigenvalue weighted by Gasteiger charge is -2.26. The molecule has 0 aliphatic carbocycles. The van der Waals surface area contributed by atoms with Crippen LogP contribution in [0.15, 0.2) is 30.3 Å². The van der Waals surface area contributed by atoms with E-state index in [0.29, 0.717) is 0 Å². The Morgan fingerprint density at radius 3 is 1.94 bits per heavy atom. The molecule has 13 nitrogen and oxygen atoms in total. The number of primary amides is 1. The Morgan fingerprint density at radius 1 is 0.861 bits per heavy atom. The van der Waals surface area contributed by atoms with Gasteiger partial charge in [-0.05, 0) is 24.3 Å². The van der Waals surface area contributed by atoms with Crippen molar-refractivity contribution in [3.63, 3.8) is 0 Å². The van der Waals surface area contributed by atoms with Crippen molar-refractivity contribution in [1.82, 2.24) is 16.0 Å². The molecule has 0 aliphatic rings. The molecule has 4 unspecified atom stereocenters. The molecular weight excluding hydrogens is 474 g/mol. The van der Waals surface area contributed by atoms with Gasteiger partial charge in [-0.3, -0.25) is 24.0 Å². The van der Waals surface area contributed by atoms with E-state index >= 15 is 0 Å². The van der Waals surface area contributed by atoms with E-state index in [1.807, 2.05) is 6.07 Å². The van der Waals surface area contributed by atoms with Crippen LogP contribution in [0.1, 0.15) is 38.7 Å². The fraction of sp³-hybridized carbons (Fsp3) is 0.478. The molecule has 0 fully saturated rings. The van der Waals surface area contributed by atoms with Crippen LogP contribution in [-0.4, -0.2) is 69.9 Å². The summed E-state index contributed by atoms with van der Waals surface area (Å²) in [5, 5.41) is 25.2. The Balaban J connectivity index is 2.96. The fourth-order valence-corrected chi connectivity index (χ4v) is 3.23. The van der Waals surface area contributed by atoms with Crippen molar-refractivity contribution in [2.75, 3.05) is 0 Å². The van der Waals surface area contributed by atoms with Gasteiger partial charge in [-0.1, -0.05) is 44.2 Å². The van der Waals surface area contributed by atoms with E-state index in [2.05, 4.69) is 16.0 Å². The van der Waals surface area contributed by atoms with Crippen LogP contribution in [0.3, 0.4) is 0 Å². The maximum Gasteiger partial charge on any atom is 0.326 e. The monoisotopic (exact) mass is 507 g/mol. The third-order valence-corrected chi connectivity index (χ3v) is 5.18. The maximum absolute atomic E-state index is 13.0. The molecule has 0 saturated carbocycles. The first kappa shape index (κ1) is 30.0. The first-order valence-corrected chi connectivity index (χ1v) is 11.2. The first-order valence-electron chi connectivity index (χ1n) is 11.2. The van der Waals surface area contributed by atoms with E-state index in [4.69, 9.17) is 16.6 Å². The van der Waals surface area contributed by atoms with Gasteiger partial charge in [0.2, 0.25) is 23.6 Å². The summed E-state index contributed by atoms with van der Waals surface area (Å²) >= 11 is 0. The number of carboxylic acid groups (broad SMARTS) is 2. The molecular formula is C23H33N5O8. The lowest BCUT2D eigenvalue weighted by Crippen LogP contribution is -2.58. The Kier molecular flexibility index (Phi) is 12.0. The smallest absolute Gasteiger partial charge is 0.326 e. The molecule has 198 valence electrons. The highest BCUT2D eigenvalue weighted by atomic mass is 16.4. The minimum absolute atomic E-state index is 0.221. The highest BCUT2D eigenvalue weighted by molar-refractivity contribution is 5.95. The summed E-state index contributed by atoms with van der Waals surface area (Å²) < 4.78 is 0. The topological polar surface area (TPSA) is 231 Å². The number of amides is 4. The largest absolute Gasteiger partial charge is 0.481 e. The molecule has 0 radical (unpaired) electrons. The minimum atomic E-state index is -1.67. The quantitative estimate of drug-likeness (QED) is 0.146. The number of carbonyl (C=O) groups excluding carboxylic acids is 4. The number of aliphatic carboxylic acids is 2. The molecule has 0 bridgehead atoms. The number of hydrogen-bond acceptors (Lipinski definition) is 7. The minimum Gasteiger partial charge on any atom is -0.481 e. The summed E-state index contributed by atoms with van der Waals surface area (Å²) in [6.07, 6.45) is -1.38. The van der Waals surface area contributed by atoms with Crippen molar-refractivity contribution in [2.24, 2.45) is 17.4 Å². The number of nitrogens with one attached hydrogen (secondary N) is 3. The summed E-state index contributed by atoms with van der Waals surface area (Å²) in [7, 11) is 0. The van der Waals surface area contributed by atoms with Crippen LogP contribution in [0.4, 0.5) is 0 Å². The predicted octanol–water partition coefficient (Wildman–Crippen LogP) is -1.51. The van der Waals surface area contributed by atoms with Gasteiger partial charge < -0.3 is 37.6 Å².